The Morgan fingerprint density at radius 3 is 2.40 bits per heavy atom. The van der Waals surface area contributed by atoms with Crippen molar-refractivity contribution in [1.29, 1.82) is 0 Å². The Bertz CT molecular complexity index is 724. The Hall–Kier alpha value is -2.53. The number of carbonyl (C=O) groups is 1. The predicted molar refractivity (Wildman–Crippen MR) is 94.5 cm³/mol. The maximum absolute atomic E-state index is 12.5. The Morgan fingerprint density at radius 1 is 1.08 bits per heavy atom. The number of piperidine rings is 1. The molecular weight excluding hydrogens is 318 g/mol. The van der Waals surface area contributed by atoms with Crippen molar-refractivity contribution in [3.63, 3.8) is 0 Å². The predicted octanol–water partition coefficient (Wildman–Crippen LogP) is 2.41. The first-order valence-corrected chi connectivity index (χ1v) is 8.57. The van der Waals surface area contributed by atoms with Crippen molar-refractivity contribution in [2.75, 3.05) is 13.1 Å². The van der Waals surface area contributed by atoms with E-state index in [2.05, 4.69) is 0 Å². The SMILES string of the molecule is O=C([C@H](O)Cc1ccccc1)N1CCC(c2ccc(O)cc2O)CC1. The monoisotopic (exact) mass is 341 g/mol. The van der Waals surface area contributed by atoms with E-state index in [9.17, 15) is 20.1 Å². The molecule has 1 fully saturated rings. The van der Waals surface area contributed by atoms with E-state index in [1.807, 2.05) is 30.3 Å². The quantitative estimate of drug-likeness (QED) is 0.798. The van der Waals surface area contributed by atoms with Crippen LogP contribution in [0, 0.1) is 0 Å². The minimum Gasteiger partial charge on any atom is -0.508 e. The number of amides is 1. The highest BCUT2D eigenvalue weighted by Gasteiger charge is 2.28. The van der Waals surface area contributed by atoms with Gasteiger partial charge in [0.2, 0.25) is 0 Å². The number of likely N-dealkylation sites (tertiary alicyclic amines) is 1. The molecule has 1 heterocycles. The summed E-state index contributed by atoms with van der Waals surface area (Å²) in [4.78, 5) is 14.1. The maximum atomic E-state index is 12.5. The molecule has 0 aliphatic carbocycles. The summed E-state index contributed by atoms with van der Waals surface area (Å²) in [6.07, 6.45) is 0.740. The second kappa shape index (κ2) is 7.57. The zero-order valence-corrected chi connectivity index (χ0v) is 14.0. The second-order valence-corrected chi connectivity index (χ2v) is 6.55. The lowest BCUT2D eigenvalue weighted by Crippen LogP contribution is -2.44. The van der Waals surface area contributed by atoms with Gasteiger partial charge in [0.25, 0.3) is 5.91 Å². The summed E-state index contributed by atoms with van der Waals surface area (Å²) in [5.74, 6) is 0.0416. The van der Waals surface area contributed by atoms with Crippen LogP contribution in [0.25, 0.3) is 0 Å². The van der Waals surface area contributed by atoms with Gasteiger partial charge in [0.1, 0.15) is 17.6 Å². The third-order valence-corrected chi connectivity index (χ3v) is 4.82. The van der Waals surface area contributed by atoms with Crippen LogP contribution in [0.4, 0.5) is 0 Å². The molecule has 1 aliphatic heterocycles. The number of rotatable bonds is 4. The van der Waals surface area contributed by atoms with E-state index in [0.29, 0.717) is 19.5 Å². The Morgan fingerprint density at radius 2 is 1.76 bits per heavy atom. The van der Waals surface area contributed by atoms with Crippen LogP contribution in [-0.4, -0.2) is 45.3 Å². The molecule has 25 heavy (non-hydrogen) atoms. The number of hydrogen-bond acceptors (Lipinski definition) is 4. The first-order chi connectivity index (χ1) is 12.0. The average Bonchev–Trinajstić information content (AvgIpc) is 2.62. The van der Waals surface area contributed by atoms with Crippen LogP contribution in [0.15, 0.2) is 48.5 Å². The smallest absolute Gasteiger partial charge is 0.251 e. The molecule has 0 spiro atoms. The normalized spacial score (nSPS) is 16.6. The lowest BCUT2D eigenvalue weighted by molar-refractivity contribution is -0.141. The Labute approximate surface area is 147 Å². The fourth-order valence-corrected chi connectivity index (χ4v) is 3.42. The third kappa shape index (κ3) is 4.12. The van der Waals surface area contributed by atoms with Gasteiger partial charge in [-0.05, 0) is 36.0 Å². The summed E-state index contributed by atoms with van der Waals surface area (Å²) in [6, 6.07) is 14.1. The summed E-state index contributed by atoms with van der Waals surface area (Å²) in [6.45, 7) is 1.10. The molecular formula is C20H23NO4. The van der Waals surface area contributed by atoms with Crippen molar-refractivity contribution in [3.05, 3.63) is 59.7 Å². The van der Waals surface area contributed by atoms with Gasteiger partial charge in [0.15, 0.2) is 0 Å². The molecule has 2 aromatic carbocycles. The molecule has 5 heteroatoms. The first kappa shape index (κ1) is 17.3. The zero-order valence-electron chi connectivity index (χ0n) is 14.0. The van der Waals surface area contributed by atoms with E-state index in [1.54, 1.807) is 17.0 Å². The number of hydrogen-bond donors (Lipinski definition) is 3. The molecule has 0 radical (unpaired) electrons. The number of carbonyl (C=O) groups excluding carboxylic acids is 1. The number of benzene rings is 2. The Kier molecular flexibility index (Phi) is 5.24. The fourth-order valence-electron chi connectivity index (χ4n) is 3.42. The van der Waals surface area contributed by atoms with Crippen molar-refractivity contribution >= 4 is 5.91 Å². The lowest BCUT2D eigenvalue weighted by atomic mass is 9.88. The van der Waals surface area contributed by atoms with Crippen LogP contribution in [0.2, 0.25) is 0 Å². The van der Waals surface area contributed by atoms with E-state index in [4.69, 9.17) is 0 Å². The second-order valence-electron chi connectivity index (χ2n) is 6.55. The van der Waals surface area contributed by atoms with Gasteiger partial charge in [-0.15, -0.1) is 0 Å². The van der Waals surface area contributed by atoms with E-state index in [1.165, 1.54) is 6.07 Å². The molecule has 5 nitrogen and oxygen atoms in total. The van der Waals surface area contributed by atoms with Crippen LogP contribution in [0.5, 0.6) is 11.5 Å². The first-order valence-electron chi connectivity index (χ1n) is 8.57. The number of aliphatic hydroxyl groups is 1. The topological polar surface area (TPSA) is 81.0 Å². The highest BCUT2D eigenvalue weighted by atomic mass is 16.3. The average molecular weight is 341 g/mol. The molecule has 3 rings (SSSR count). The van der Waals surface area contributed by atoms with Gasteiger partial charge in [0, 0.05) is 25.6 Å². The van der Waals surface area contributed by atoms with Crippen molar-refractivity contribution in [3.8, 4) is 11.5 Å². The minimum atomic E-state index is -1.03. The molecule has 1 saturated heterocycles. The van der Waals surface area contributed by atoms with Crippen molar-refractivity contribution in [2.24, 2.45) is 0 Å². The van der Waals surface area contributed by atoms with Gasteiger partial charge >= 0.3 is 0 Å². The van der Waals surface area contributed by atoms with Crippen molar-refractivity contribution < 1.29 is 20.1 Å². The molecule has 0 unspecified atom stereocenters. The van der Waals surface area contributed by atoms with Crippen LogP contribution in [0.1, 0.15) is 29.9 Å². The van der Waals surface area contributed by atoms with Crippen molar-refractivity contribution in [2.45, 2.75) is 31.3 Å². The molecule has 1 atom stereocenters. The number of phenolic OH excluding ortho intramolecular Hbond substituents is 2. The Balaban J connectivity index is 1.57. The van der Waals surface area contributed by atoms with Gasteiger partial charge in [-0.25, -0.2) is 0 Å². The molecule has 3 N–H and O–H groups in total. The largest absolute Gasteiger partial charge is 0.508 e. The van der Waals surface area contributed by atoms with Crippen LogP contribution >= 0.6 is 0 Å². The van der Waals surface area contributed by atoms with Gasteiger partial charge in [-0.3, -0.25) is 4.79 Å². The number of aliphatic hydroxyl groups excluding tert-OH is 1. The van der Waals surface area contributed by atoms with Gasteiger partial charge < -0.3 is 20.2 Å². The standard InChI is InChI=1S/C20H23NO4/c22-16-6-7-17(18(23)13-16)15-8-10-21(11-9-15)20(25)19(24)12-14-4-2-1-3-5-14/h1-7,13,15,19,22-24H,8-12H2/t19-/m1/s1. The lowest BCUT2D eigenvalue weighted by Gasteiger charge is -2.33. The maximum Gasteiger partial charge on any atom is 0.251 e. The molecule has 1 aliphatic rings. The van der Waals surface area contributed by atoms with E-state index >= 15 is 0 Å². The molecule has 2 aromatic rings. The summed E-state index contributed by atoms with van der Waals surface area (Å²) in [5, 5.41) is 29.6. The zero-order chi connectivity index (χ0) is 17.8. The molecule has 0 saturated carbocycles. The fraction of sp³-hybridized carbons (Fsp3) is 0.350. The summed E-state index contributed by atoms with van der Waals surface area (Å²) in [5.41, 5.74) is 1.74. The summed E-state index contributed by atoms with van der Waals surface area (Å²) in [7, 11) is 0. The van der Waals surface area contributed by atoms with E-state index in [0.717, 1.165) is 24.0 Å². The highest BCUT2D eigenvalue weighted by Crippen LogP contribution is 2.35. The molecule has 0 aromatic heterocycles. The van der Waals surface area contributed by atoms with E-state index < -0.39 is 6.10 Å². The number of nitrogens with zero attached hydrogens (tertiary/aromatic N) is 1. The minimum absolute atomic E-state index is 0.0397. The highest BCUT2D eigenvalue weighted by molar-refractivity contribution is 5.81. The third-order valence-electron chi connectivity index (χ3n) is 4.82. The summed E-state index contributed by atoms with van der Waals surface area (Å²) >= 11 is 0. The molecule has 132 valence electrons. The van der Waals surface area contributed by atoms with E-state index in [-0.39, 0.29) is 23.3 Å². The van der Waals surface area contributed by atoms with Crippen LogP contribution < -0.4 is 0 Å². The summed E-state index contributed by atoms with van der Waals surface area (Å²) < 4.78 is 0. The van der Waals surface area contributed by atoms with Crippen LogP contribution in [0.3, 0.4) is 0 Å². The number of aromatic hydroxyl groups is 2. The number of phenols is 2. The van der Waals surface area contributed by atoms with Crippen LogP contribution in [-0.2, 0) is 11.2 Å². The van der Waals surface area contributed by atoms with Gasteiger partial charge in [0.05, 0.1) is 0 Å². The van der Waals surface area contributed by atoms with Crippen molar-refractivity contribution in [1.82, 2.24) is 4.90 Å². The van der Waals surface area contributed by atoms with Gasteiger partial charge in [-0.2, -0.15) is 0 Å². The van der Waals surface area contributed by atoms with Gasteiger partial charge in [-0.1, -0.05) is 36.4 Å². The molecule has 1 amide bonds. The molecule has 0 bridgehead atoms.